The molecule has 0 unspecified atom stereocenters. The molecule has 9 aliphatic rings. The van der Waals surface area contributed by atoms with Gasteiger partial charge in [0.25, 0.3) is 0 Å². The Balaban J connectivity index is 0.000000445. The number of carbonyl (C=O) groups excluding carboxylic acids is 7. The summed E-state index contributed by atoms with van der Waals surface area (Å²) in [4.78, 5) is 119. The fraction of sp³-hybridized carbons (Fsp3) is 0.938. The van der Waals surface area contributed by atoms with E-state index in [0.717, 1.165) is 306 Å². The minimum atomic E-state index is -0.103. The van der Waals surface area contributed by atoms with Crippen LogP contribution in [0.2, 0.25) is 0 Å². The summed E-state index contributed by atoms with van der Waals surface area (Å²) in [5, 5.41) is 43.5. The molecule has 0 radical (unpaired) electrons. The van der Waals surface area contributed by atoms with E-state index in [9.17, 15) is 33.6 Å². The standard InChI is InChI=1S/C20H41N5O.C19H39N5O.2C16H34N4O.C15H32N4O.C14H29N3O.C13H27N3O/c1-6-23-11-13-24(14-12-23)16-20(22-19(26)21-15-17(2)3)7-9-25(10-8-20)18(4)5;1-6-22-11-13-23(14-12-22)15-19(21-18(25)20-16(2)3)7-9-24(10-8-19)17(4)5;2*1-13(2)11-17-15(21)18-16(12-19(5)6)7-9-20(10-8-16)14(3)4;1-12(2)16-14(20)17-15(11-18(5)6)7-9-19(10-8-15)13(3)4;1-11(2)10-15-13(18)16-14(5)6-8-17(9-7-14)12(3)4;1-10(2)14-12(17)15-13(5)6-8-16(9-7-13)11(3)4/h17-18H,6-16H2,1-5H3,(H2,21,22,26);16-17H,6-15H2,1-5H3,(H2,20,21,25);2*13-14H,7-12H2,1-6H3,(H2,17,18,21);12-13H,7-11H2,1-6H3,(H2,16,17,20);11-12H,6-10H2,1-5H3,(H2,15,16,18);10-11H,6-9H2,1-5H3,(H2,14,15,17). The summed E-state index contributed by atoms with van der Waals surface area (Å²) in [5.74, 6) is 1.92. The molecule has 9 fully saturated rings. The molecule has 35 nitrogen and oxygen atoms in total. The second-order valence-electron chi connectivity index (χ2n) is 51.2. The van der Waals surface area contributed by atoms with E-state index < -0.39 is 0 Å². The molecule has 0 aliphatic carbocycles. The smallest absolute Gasteiger partial charge is 0.315 e. The summed E-state index contributed by atoms with van der Waals surface area (Å²) in [5.41, 5.74) is -0.601. The molecule has 0 atom stereocenters. The number of hydrogen-bond acceptors (Lipinski definition) is 21. The van der Waals surface area contributed by atoms with Crippen molar-refractivity contribution >= 4 is 42.2 Å². The number of likely N-dealkylation sites (N-methyl/N-ethyl adjacent to an activating group) is 5. The molecule has 9 rings (SSSR count). The summed E-state index contributed by atoms with van der Waals surface area (Å²) in [6.07, 6.45) is 14.3. The Bertz CT molecular complexity index is 3520. The van der Waals surface area contributed by atoms with Crippen LogP contribution in [-0.2, 0) is 0 Å². The Labute approximate surface area is 906 Å². The maximum Gasteiger partial charge on any atom is 0.315 e. The van der Waals surface area contributed by atoms with Gasteiger partial charge in [0.15, 0.2) is 0 Å². The van der Waals surface area contributed by atoms with Crippen LogP contribution in [0.3, 0.4) is 0 Å². The topological polar surface area (TPSA) is 333 Å². The molecule has 14 N–H and O–H groups in total. The molecular formula is C113H236N28O7. The van der Waals surface area contributed by atoms with Crippen LogP contribution in [0, 0.1) is 23.7 Å². The van der Waals surface area contributed by atoms with Gasteiger partial charge in [0.2, 0.25) is 0 Å². The molecular weight excluding hydrogens is 1860 g/mol. The van der Waals surface area contributed by atoms with Crippen LogP contribution >= 0.6 is 0 Å². The average molecular weight is 2100 g/mol. The molecule has 9 heterocycles. The van der Waals surface area contributed by atoms with E-state index in [-0.39, 0.29) is 99.1 Å². The Morgan fingerprint density at radius 2 is 0.385 bits per heavy atom. The van der Waals surface area contributed by atoms with Crippen molar-refractivity contribution in [2.24, 2.45) is 23.7 Å². The highest BCUT2D eigenvalue weighted by molar-refractivity contribution is 5.78. The summed E-state index contributed by atoms with van der Waals surface area (Å²) in [6, 6.07) is 4.46. The molecule has 0 aromatic rings. The van der Waals surface area contributed by atoms with E-state index in [1.54, 1.807) is 0 Å². The van der Waals surface area contributed by atoms with Crippen molar-refractivity contribution in [2.45, 2.75) is 411 Å². The first-order valence-corrected chi connectivity index (χ1v) is 58.6. The molecule has 0 spiro atoms. The number of hydrogen-bond donors (Lipinski definition) is 14. The van der Waals surface area contributed by atoms with E-state index >= 15 is 0 Å². The molecule has 35 heteroatoms. The van der Waals surface area contributed by atoms with Crippen LogP contribution in [-0.4, -0.2) is 468 Å². The number of amides is 14. The maximum atomic E-state index is 12.5. The van der Waals surface area contributed by atoms with Crippen LogP contribution in [0.1, 0.15) is 311 Å². The predicted octanol–water partition coefficient (Wildman–Crippen LogP) is 12.5. The molecule has 0 bridgehead atoms. The first-order chi connectivity index (χ1) is 69.0. The fourth-order valence-electron chi connectivity index (χ4n) is 21.5. The van der Waals surface area contributed by atoms with Gasteiger partial charge in [0.1, 0.15) is 0 Å². The maximum absolute atomic E-state index is 12.5. The number of likely N-dealkylation sites (tertiary alicyclic amines) is 7. The fourth-order valence-corrected chi connectivity index (χ4v) is 21.5. The van der Waals surface area contributed by atoms with E-state index in [2.05, 4.69) is 365 Å². The van der Waals surface area contributed by atoms with Crippen molar-refractivity contribution < 1.29 is 33.6 Å². The third-order valence-electron chi connectivity index (χ3n) is 31.1. The van der Waals surface area contributed by atoms with Crippen LogP contribution in [0.15, 0.2) is 0 Å². The molecule has 870 valence electrons. The largest absolute Gasteiger partial charge is 0.338 e. The lowest BCUT2D eigenvalue weighted by atomic mass is 9.86. The highest BCUT2D eigenvalue weighted by atomic mass is 16.2. The number of piperidine rings is 7. The molecule has 148 heavy (non-hydrogen) atoms. The number of nitrogens with zero attached hydrogens (tertiary/aromatic N) is 14. The zero-order valence-corrected chi connectivity index (χ0v) is 102. The van der Waals surface area contributed by atoms with Gasteiger partial charge < -0.3 is 133 Å². The monoisotopic (exact) mass is 2100 g/mol. The minimum absolute atomic E-state index is 0.00360. The van der Waals surface area contributed by atoms with Crippen LogP contribution in [0.4, 0.5) is 33.6 Å². The van der Waals surface area contributed by atoms with Crippen molar-refractivity contribution in [1.29, 1.82) is 0 Å². The molecule has 9 saturated heterocycles. The van der Waals surface area contributed by atoms with Gasteiger partial charge in [-0.3, -0.25) is 9.80 Å². The number of piperazine rings is 2. The number of nitrogens with one attached hydrogen (secondary N) is 14. The number of carbonyl (C=O) groups is 7. The van der Waals surface area contributed by atoms with Gasteiger partial charge in [0, 0.05) is 274 Å². The minimum Gasteiger partial charge on any atom is -0.338 e. The number of urea groups is 7. The average Bonchev–Trinajstić information content (AvgIpc) is 0.829. The zero-order valence-electron chi connectivity index (χ0n) is 102. The zero-order chi connectivity index (χ0) is 112. The van der Waals surface area contributed by atoms with Crippen molar-refractivity contribution in [1.82, 2.24) is 143 Å². The highest BCUT2D eigenvalue weighted by Crippen LogP contribution is 2.33. The summed E-state index contributed by atoms with van der Waals surface area (Å²) >= 11 is 0. The Kier molecular flexibility index (Phi) is 62.7. The molecule has 14 amide bonds. The van der Waals surface area contributed by atoms with Gasteiger partial charge >= 0.3 is 42.2 Å². The van der Waals surface area contributed by atoms with Crippen molar-refractivity contribution in [3.05, 3.63) is 0 Å². The lowest BCUT2D eigenvalue weighted by molar-refractivity contribution is 0.0609. The highest BCUT2D eigenvalue weighted by Gasteiger charge is 2.45. The Morgan fingerprint density at radius 3 is 0.574 bits per heavy atom. The third-order valence-corrected chi connectivity index (χ3v) is 31.1. The molecule has 0 aromatic carbocycles. The van der Waals surface area contributed by atoms with Gasteiger partial charge in [-0.05, 0) is 321 Å². The molecule has 9 aliphatic heterocycles. The predicted molar refractivity (Wildman–Crippen MR) is 621 cm³/mol. The van der Waals surface area contributed by atoms with Crippen LogP contribution in [0.25, 0.3) is 0 Å². The Morgan fingerprint density at radius 1 is 0.223 bits per heavy atom. The van der Waals surface area contributed by atoms with Crippen LogP contribution < -0.4 is 74.4 Å². The quantitative estimate of drug-likeness (QED) is 0.0275. The first-order valence-electron chi connectivity index (χ1n) is 58.6. The summed E-state index contributed by atoms with van der Waals surface area (Å²) < 4.78 is 0. The van der Waals surface area contributed by atoms with Crippen molar-refractivity contribution in [3.8, 4) is 0 Å². The Hall–Kier alpha value is -5.67. The number of rotatable bonds is 37. The van der Waals surface area contributed by atoms with E-state index in [0.29, 0.717) is 66.0 Å². The molecule has 0 aromatic heterocycles. The normalized spacial score (nSPS) is 20.9. The van der Waals surface area contributed by atoms with Gasteiger partial charge in [-0.15, -0.1) is 0 Å². The van der Waals surface area contributed by atoms with E-state index in [1.807, 2.05) is 41.5 Å². The summed E-state index contributed by atoms with van der Waals surface area (Å²) in [7, 11) is 12.4. The second-order valence-corrected chi connectivity index (χ2v) is 51.2. The lowest BCUT2D eigenvalue weighted by Gasteiger charge is -2.47. The SMILES string of the molecule is CC(C)CNC(=O)NC1(C)CCN(C(C)C)CC1.CC(C)CNC(=O)NC1(CN(C)C)CCN(C(C)C)CC1.CC(C)CNC(=O)NC1(CN(C)C)CCN(C(C)C)CC1.CC(C)NC(=O)NC1(C)CCN(C(C)C)CC1.CC(C)NC(=O)NC1(CN(C)C)CCN(C(C)C)CC1.CCN1CCN(CC2(NC(=O)NC(C)C)CCN(C(C)C)CC2)CC1.CCN1CCN(CC2(NC(=O)NCC(C)C)CCN(C(C)C)CC2)CC1. The van der Waals surface area contributed by atoms with E-state index in [1.165, 1.54) is 0 Å². The van der Waals surface area contributed by atoms with Crippen LogP contribution in [0.5, 0.6) is 0 Å². The molecule has 0 saturated carbocycles. The first kappa shape index (κ1) is 136. The van der Waals surface area contributed by atoms with Gasteiger partial charge in [-0.2, -0.15) is 0 Å². The summed E-state index contributed by atoms with van der Waals surface area (Å²) in [6.45, 7) is 103. The van der Waals surface area contributed by atoms with Gasteiger partial charge in [-0.1, -0.05) is 69.2 Å². The van der Waals surface area contributed by atoms with Gasteiger partial charge in [0.05, 0.1) is 27.7 Å². The van der Waals surface area contributed by atoms with Gasteiger partial charge in [-0.25, -0.2) is 33.6 Å². The van der Waals surface area contributed by atoms with Crippen molar-refractivity contribution in [3.63, 3.8) is 0 Å². The van der Waals surface area contributed by atoms with E-state index in [4.69, 9.17) is 0 Å². The lowest BCUT2D eigenvalue weighted by Crippen LogP contribution is -2.64. The van der Waals surface area contributed by atoms with Crippen molar-refractivity contribution in [2.75, 3.05) is 258 Å². The third kappa shape index (κ3) is 55.1. The second kappa shape index (κ2) is 68.0.